The largest absolute Gasteiger partial charge is 0.335 e. The summed E-state index contributed by atoms with van der Waals surface area (Å²) in [5.41, 5.74) is 8.49. The molecule has 0 fully saturated rings. The molecule has 8 heteroatoms. The van der Waals surface area contributed by atoms with Gasteiger partial charge in [-0.25, -0.2) is 4.98 Å². The van der Waals surface area contributed by atoms with Gasteiger partial charge in [-0.3, -0.25) is 9.48 Å². The molecule has 0 saturated carbocycles. The maximum atomic E-state index is 12.2. The van der Waals surface area contributed by atoms with E-state index in [-0.39, 0.29) is 5.91 Å². The Morgan fingerprint density at radius 3 is 3.00 bits per heavy atom. The number of hydrogen-bond donors (Lipinski definition) is 1. The molecule has 0 aliphatic carbocycles. The summed E-state index contributed by atoms with van der Waals surface area (Å²) < 4.78 is 1.57. The Hall–Kier alpha value is -1.80. The summed E-state index contributed by atoms with van der Waals surface area (Å²) >= 11 is 1.54. The van der Waals surface area contributed by atoms with Gasteiger partial charge in [0.2, 0.25) is 0 Å². The zero-order valence-corrected chi connectivity index (χ0v) is 11.7. The predicted molar refractivity (Wildman–Crippen MR) is 71.7 cm³/mol. The van der Waals surface area contributed by atoms with Gasteiger partial charge in [0.25, 0.3) is 5.91 Å². The Bertz CT molecular complexity index is 563. The molecule has 0 aromatic carbocycles. The van der Waals surface area contributed by atoms with Crippen molar-refractivity contribution in [1.82, 2.24) is 24.9 Å². The molecule has 2 heterocycles. The molecule has 1 amide bonds. The topological polar surface area (TPSA) is 89.9 Å². The normalized spacial score (nSPS) is 10.7. The minimum atomic E-state index is -0.156. The van der Waals surface area contributed by atoms with Gasteiger partial charge in [-0.15, -0.1) is 16.4 Å². The third-order valence-electron chi connectivity index (χ3n) is 2.69. The molecular weight excluding hydrogens is 264 g/mol. The second kappa shape index (κ2) is 5.89. The molecule has 2 aromatic heterocycles. The van der Waals surface area contributed by atoms with E-state index in [1.54, 1.807) is 39.7 Å². The van der Waals surface area contributed by atoms with Crippen molar-refractivity contribution < 1.29 is 4.79 Å². The molecule has 19 heavy (non-hydrogen) atoms. The van der Waals surface area contributed by atoms with Gasteiger partial charge in [-0.1, -0.05) is 5.21 Å². The molecule has 102 valence electrons. The van der Waals surface area contributed by atoms with E-state index in [1.165, 1.54) is 0 Å². The molecular formula is C11H16N6OS. The van der Waals surface area contributed by atoms with Gasteiger partial charge in [0, 0.05) is 18.5 Å². The van der Waals surface area contributed by atoms with Crippen LogP contribution in [0, 0.1) is 6.92 Å². The molecule has 0 atom stereocenters. The second-order valence-electron chi connectivity index (χ2n) is 4.18. The molecule has 2 aromatic rings. The van der Waals surface area contributed by atoms with Gasteiger partial charge >= 0.3 is 0 Å². The molecule has 0 spiro atoms. The molecule has 0 unspecified atom stereocenters. The van der Waals surface area contributed by atoms with E-state index in [9.17, 15) is 4.79 Å². The van der Waals surface area contributed by atoms with Crippen LogP contribution in [0.15, 0.2) is 11.7 Å². The fraction of sp³-hybridized carbons (Fsp3) is 0.455. The molecule has 0 aliphatic heterocycles. The summed E-state index contributed by atoms with van der Waals surface area (Å²) in [6.45, 7) is 3.48. The van der Waals surface area contributed by atoms with Crippen LogP contribution in [-0.4, -0.2) is 44.4 Å². The summed E-state index contributed by atoms with van der Waals surface area (Å²) in [6.07, 6.45) is 1.62. The third-order valence-corrected chi connectivity index (χ3v) is 3.61. The second-order valence-corrected chi connectivity index (χ2v) is 5.12. The number of hydrogen-bond acceptors (Lipinski definition) is 6. The van der Waals surface area contributed by atoms with Crippen molar-refractivity contribution >= 4 is 17.2 Å². The lowest BCUT2D eigenvalue weighted by molar-refractivity contribution is 0.0780. The number of carbonyl (C=O) groups excluding carboxylic acids is 1. The fourth-order valence-corrected chi connectivity index (χ4v) is 2.43. The van der Waals surface area contributed by atoms with Crippen molar-refractivity contribution in [1.29, 1.82) is 0 Å². The van der Waals surface area contributed by atoms with Gasteiger partial charge in [0.1, 0.15) is 0 Å². The standard InChI is InChI=1S/C11H16N6OS/c1-8-10(19-7-13-8)6-16(2)11(18)9-5-17(4-3-12)15-14-9/h5,7H,3-4,6,12H2,1-2H3. The first kappa shape index (κ1) is 13.6. The number of aromatic nitrogens is 4. The van der Waals surface area contributed by atoms with Gasteiger partial charge in [0.15, 0.2) is 5.69 Å². The highest BCUT2D eigenvalue weighted by molar-refractivity contribution is 7.09. The predicted octanol–water partition coefficient (Wildman–Crippen LogP) is 0.274. The molecule has 0 saturated heterocycles. The SMILES string of the molecule is Cc1ncsc1CN(C)C(=O)c1cn(CCN)nn1. The van der Waals surface area contributed by atoms with Gasteiger partial charge < -0.3 is 10.6 Å². The van der Waals surface area contributed by atoms with Crippen molar-refractivity contribution in [3.8, 4) is 0 Å². The summed E-state index contributed by atoms with van der Waals surface area (Å²) in [6, 6.07) is 0. The van der Waals surface area contributed by atoms with Crippen LogP contribution >= 0.6 is 11.3 Å². The van der Waals surface area contributed by atoms with E-state index in [0.717, 1.165) is 10.6 Å². The molecule has 2 N–H and O–H groups in total. The number of rotatable bonds is 5. The number of nitrogens with two attached hydrogens (primary N) is 1. The summed E-state index contributed by atoms with van der Waals surface area (Å²) in [5.74, 6) is -0.156. The number of aryl methyl sites for hydroxylation is 1. The van der Waals surface area contributed by atoms with Crippen LogP contribution < -0.4 is 5.73 Å². The van der Waals surface area contributed by atoms with Crippen LogP contribution in [0.4, 0.5) is 0 Å². The molecule has 2 rings (SSSR count). The van der Waals surface area contributed by atoms with Crippen molar-refractivity contribution in [3.05, 3.63) is 28.0 Å². The van der Waals surface area contributed by atoms with Gasteiger partial charge in [0.05, 0.1) is 30.5 Å². The van der Waals surface area contributed by atoms with E-state index in [4.69, 9.17) is 5.73 Å². The van der Waals surface area contributed by atoms with E-state index in [1.807, 2.05) is 6.92 Å². The Morgan fingerprint density at radius 2 is 2.37 bits per heavy atom. The van der Waals surface area contributed by atoms with Crippen molar-refractivity contribution in [2.75, 3.05) is 13.6 Å². The van der Waals surface area contributed by atoms with Crippen LogP contribution in [-0.2, 0) is 13.1 Å². The van der Waals surface area contributed by atoms with E-state index in [2.05, 4.69) is 15.3 Å². The van der Waals surface area contributed by atoms with Crippen LogP contribution in [0.3, 0.4) is 0 Å². The average Bonchev–Trinajstić information content (AvgIpc) is 2.99. The fourth-order valence-electron chi connectivity index (χ4n) is 1.60. The Morgan fingerprint density at radius 1 is 1.58 bits per heavy atom. The number of nitrogens with zero attached hydrogens (tertiary/aromatic N) is 5. The zero-order chi connectivity index (χ0) is 13.8. The zero-order valence-electron chi connectivity index (χ0n) is 10.9. The van der Waals surface area contributed by atoms with Crippen molar-refractivity contribution in [2.24, 2.45) is 5.73 Å². The van der Waals surface area contributed by atoms with Gasteiger partial charge in [-0.05, 0) is 6.92 Å². The highest BCUT2D eigenvalue weighted by atomic mass is 32.1. The summed E-state index contributed by atoms with van der Waals surface area (Å²) in [5, 5.41) is 7.71. The smallest absolute Gasteiger partial charge is 0.276 e. The molecule has 0 radical (unpaired) electrons. The maximum Gasteiger partial charge on any atom is 0.276 e. The first-order chi connectivity index (χ1) is 9.11. The highest BCUT2D eigenvalue weighted by Gasteiger charge is 2.17. The quantitative estimate of drug-likeness (QED) is 0.849. The number of amides is 1. The molecule has 7 nitrogen and oxygen atoms in total. The molecule has 0 aliphatic rings. The summed E-state index contributed by atoms with van der Waals surface area (Å²) in [4.78, 5) is 19.0. The highest BCUT2D eigenvalue weighted by Crippen LogP contribution is 2.15. The average molecular weight is 280 g/mol. The van der Waals surface area contributed by atoms with Crippen LogP contribution in [0.1, 0.15) is 21.1 Å². The van der Waals surface area contributed by atoms with E-state index in [0.29, 0.717) is 25.3 Å². The van der Waals surface area contributed by atoms with E-state index >= 15 is 0 Å². The monoisotopic (exact) mass is 280 g/mol. The third kappa shape index (κ3) is 3.15. The number of carbonyl (C=O) groups is 1. The lowest BCUT2D eigenvalue weighted by atomic mass is 10.3. The van der Waals surface area contributed by atoms with Crippen LogP contribution in [0.2, 0.25) is 0 Å². The Kier molecular flexibility index (Phi) is 4.23. The Balaban J connectivity index is 2.04. The maximum absolute atomic E-state index is 12.2. The minimum absolute atomic E-state index is 0.156. The lowest BCUT2D eigenvalue weighted by Crippen LogP contribution is -2.26. The number of thiazole rings is 1. The first-order valence-electron chi connectivity index (χ1n) is 5.86. The Labute approximate surface area is 115 Å². The van der Waals surface area contributed by atoms with E-state index < -0.39 is 0 Å². The van der Waals surface area contributed by atoms with Crippen LogP contribution in [0.25, 0.3) is 0 Å². The summed E-state index contributed by atoms with van der Waals surface area (Å²) in [7, 11) is 1.74. The minimum Gasteiger partial charge on any atom is -0.335 e. The van der Waals surface area contributed by atoms with Crippen LogP contribution in [0.5, 0.6) is 0 Å². The molecule has 0 bridgehead atoms. The first-order valence-corrected chi connectivity index (χ1v) is 6.74. The van der Waals surface area contributed by atoms with Gasteiger partial charge in [-0.2, -0.15) is 0 Å². The lowest BCUT2D eigenvalue weighted by Gasteiger charge is -2.14. The van der Waals surface area contributed by atoms with Crippen molar-refractivity contribution in [2.45, 2.75) is 20.0 Å². The van der Waals surface area contributed by atoms with Crippen molar-refractivity contribution in [3.63, 3.8) is 0 Å².